The third-order valence-corrected chi connectivity index (χ3v) is 5.83. The molecule has 0 atom stereocenters. The van der Waals surface area contributed by atoms with Gasteiger partial charge in [-0.25, -0.2) is 0 Å². The molecule has 0 unspecified atom stereocenters. The van der Waals surface area contributed by atoms with Crippen LogP contribution in [0.3, 0.4) is 0 Å². The van der Waals surface area contributed by atoms with Crippen LogP contribution < -0.4 is 5.73 Å². The van der Waals surface area contributed by atoms with E-state index in [0.29, 0.717) is 6.04 Å². The third-order valence-electron chi connectivity index (χ3n) is 5.83. The van der Waals surface area contributed by atoms with Crippen molar-refractivity contribution < 1.29 is 0 Å². The predicted molar refractivity (Wildman–Crippen MR) is 88.5 cm³/mol. The largest absolute Gasteiger partial charge is 0.328 e. The first-order chi connectivity index (χ1) is 10.3. The zero-order valence-electron chi connectivity index (χ0n) is 13.7. The van der Waals surface area contributed by atoms with E-state index in [2.05, 4.69) is 14.7 Å². The highest BCUT2D eigenvalue weighted by Crippen LogP contribution is 2.20. The number of hydrogen-bond donors (Lipinski definition) is 1. The van der Waals surface area contributed by atoms with E-state index in [1.807, 2.05) is 0 Å². The zero-order chi connectivity index (χ0) is 14.5. The maximum absolute atomic E-state index is 5.98. The quantitative estimate of drug-likeness (QED) is 0.849. The third kappa shape index (κ3) is 4.65. The maximum atomic E-state index is 5.98. The Labute approximate surface area is 130 Å². The molecule has 0 saturated carbocycles. The van der Waals surface area contributed by atoms with Crippen molar-refractivity contribution in [2.75, 3.05) is 52.4 Å². The predicted octanol–water partition coefficient (Wildman–Crippen LogP) is 1.36. The van der Waals surface area contributed by atoms with Crippen molar-refractivity contribution in [2.45, 2.75) is 57.0 Å². The van der Waals surface area contributed by atoms with Crippen LogP contribution in [-0.4, -0.2) is 79.1 Å². The van der Waals surface area contributed by atoms with Crippen molar-refractivity contribution in [2.24, 2.45) is 5.73 Å². The molecule has 0 spiro atoms. The lowest BCUT2D eigenvalue weighted by Crippen LogP contribution is -2.48. The van der Waals surface area contributed by atoms with Crippen LogP contribution in [0.1, 0.15) is 44.9 Å². The first-order valence-corrected chi connectivity index (χ1v) is 9.25. The molecule has 3 aliphatic rings. The van der Waals surface area contributed by atoms with E-state index in [4.69, 9.17) is 5.73 Å². The van der Waals surface area contributed by atoms with E-state index < -0.39 is 0 Å². The van der Waals surface area contributed by atoms with Crippen molar-refractivity contribution >= 4 is 0 Å². The van der Waals surface area contributed by atoms with Crippen molar-refractivity contribution in [3.63, 3.8) is 0 Å². The molecular formula is C17H34N4. The van der Waals surface area contributed by atoms with Gasteiger partial charge < -0.3 is 20.4 Å². The standard InChI is InChI=1S/C17H34N4/c18-16-4-10-19(11-5-16)14-15-20-12-6-17(7-13-20)21-8-2-1-3-9-21/h16-17H,1-15,18H2. The van der Waals surface area contributed by atoms with Crippen molar-refractivity contribution in [3.8, 4) is 0 Å². The van der Waals surface area contributed by atoms with Crippen molar-refractivity contribution in [1.29, 1.82) is 0 Å². The van der Waals surface area contributed by atoms with E-state index in [0.717, 1.165) is 6.04 Å². The summed E-state index contributed by atoms with van der Waals surface area (Å²) in [4.78, 5) is 8.07. The fraction of sp³-hybridized carbons (Fsp3) is 1.00. The summed E-state index contributed by atoms with van der Waals surface area (Å²) in [5, 5.41) is 0. The Hall–Kier alpha value is -0.160. The van der Waals surface area contributed by atoms with E-state index in [1.54, 1.807) is 0 Å². The van der Waals surface area contributed by atoms with Gasteiger partial charge in [0, 0.05) is 25.2 Å². The first-order valence-electron chi connectivity index (χ1n) is 9.25. The molecule has 3 fully saturated rings. The van der Waals surface area contributed by atoms with E-state index >= 15 is 0 Å². The fourth-order valence-electron chi connectivity index (χ4n) is 4.25. The molecule has 0 aromatic carbocycles. The number of piperidine rings is 3. The maximum Gasteiger partial charge on any atom is 0.0120 e. The monoisotopic (exact) mass is 294 g/mol. The van der Waals surface area contributed by atoms with Gasteiger partial charge in [0.05, 0.1) is 0 Å². The lowest BCUT2D eigenvalue weighted by molar-refractivity contribution is 0.0845. The Morgan fingerprint density at radius 2 is 1.19 bits per heavy atom. The van der Waals surface area contributed by atoms with Gasteiger partial charge in [0.25, 0.3) is 0 Å². The lowest BCUT2D eigenvalue weighted by atomic mass is 10.00. The molecule has 3 rings (SSSR count). The summed E-state index contributed by atoms with van der Waals surface area (Å²) >= 11 is 0. The molecule has 2 N–H and O–H groups in total. The van der Waals surface area contributed by atoms with Crippen LogP contribution in [0, 0.1) is 0 Å². The van der Waals surface area contributed by atoms with Crippen molar-refractivity contribution in [1.82, 2.24) is 14.7 Å². The average molecular weight is 294 g/mol. The molecular weight excluding hydrogens is 260 g/mol. The van der Waals surface area contributed by atoms with Crippen LogP contribution in [0.4, 0.5) is 0 Å². The van der Waals surface area contributed by atoms with Gasteiger partial charge in [-0.1, -0.05) is 6.42 Å². The molecule has 21 heavy (non-hydrogen) atoms. The first kappa shape index (κ1) is 15.7. The van der Waals surface area contributed by atoms with Gasteiger partial charge in [0.1, 0.15) is 0 Å². The van der Waals surface area contributed by atoms with Crippen LogP contribution in [0.25, 0.3) is 0 Å². The summed E-state index contributed by atoms with van der Waals surface area (Å²) in [6.45, 7) is 10.3. The number of hydrogen-bond acceptors (Lipinski definition) is 4. The van der Waals surface area contributed by atoms with Crippen LogP contribution in [0.2, 0.25) is 0 Å². The molecule has 0 radical (unpaired) electrons. The minimum absolute atomic E-state index is 0.460. The molecule has 0 aliphatic carbocycles. The minimum Gasteiger partial charge on any atom is -0.328 e. The number of rotatable bonds is 4. The molecule has 3 saturated heterocycles. The van der Waals surface area contributed by atoms with E-state index in [-0.39, 0.29) is 0 Å². The Balaban J connectivity index is 1.32. The van der Waals surface area contributed by atoms with Gasteiger partial charge in [-0.15, -0.1) is 0 Å². The van der Waals surface area contributed by atoms with Gasteiger partial charge in [-0.3, -0.25) is 0 Å². The summed E-state index contributed by atoms with van der Waals surface area (Å²) < 4.78 is 0. The normalized spacial score (nSPS) is 29.0. The fourth-order valence-corrected chi connectivity index (χ4v) is 4.25. The summed E-state index contributed by atoms with van der Waals surface area (Å²) in [6.07, 6.45) is 9.48. The van der Waals surface area contributed by atoms with Crippen LogP contribution in [0.15, 0.2) is 0 Å². The van der Waals surface area contributed by atoms with Gasteiger partial charge in [0.2, 0.25) is 0 Å². The highest BCUT2D eigenvalue weighted by Gasteiger charge is 2.25. The van der Waals surface area contributed by atoms with Crippen LogP contribution in [-0.2, 0) is 0 Å². The Morgan fingerprint density at radius 1 is 0.667 bits per heavy atom. The molecule has 3 aliphatic heterocycles. The number of nitrogens with two attached hydrogens (primary N) is 1. The highest BCUT2D eigenvalue weighted by atomic mass is 15.2. The Bertz CT molecular complexity index is 287. The molecule has 3 heterocycles. The second-order valence-corrected chi connectivity index (χ2v) is 7.35. The Kier molecular flexibility index (Phi) is 5.92. The number of nitrogens with zero attached hydrogens (tertiary/aromatic N) is 3. The van der Waals surface area contributed by atoms with Gasteiger partial charge >= 0.3 is 0 Å². The number of likely N-dealkylation sites (tertiary alicyclic amines) is 3. The summed E-state index contributed by atoms with van der Waals surface area (Å²) in [5.74, 6) is 0. The molecule has 122 valence electrons. The molecule has 4 nitrogen and oxygen atoms in total. The molecule has 0 amide bonds. The molecule has 4 heteroatoms. The SMILES string of the molecule is NC1CCN(CCN2CCC(N3CCCCC3)CC2)CC1. The van der Waals surface area contributed by atoms with Gasteiger partial charge in [0.15, 0.2) is 0 Å². The van der Waals surface area contributed by atoms with Crippen LogP contribution >= 0.6 is 0 Å². The smallest absolute Gasteiger partial charge is 0.0120 e. The summed E-state index contributed by atoms with van der Waals surface area (Å²) in [6, 6.07) is 1.34. The second kappa shape index (κ2) is 7.91. The summed E-state index contributed by atoms with van der Waals surface area (Å²) in [5.41, 5.74) is 5.98. The average Bonchev–Trinajstić information content (AvgIpc) is 2.56. The highest BCUT2D eigenvalue weighted by molar-refractivity contribution is 4.82. The van der Waals surface area contributed by atoms with Crippen molar-refractivity contribution in [3.05, 3.63) is 0 Å². The lowest BCUT2D eigenvalue weighted by Gasteiger charge is -2.41. The van der Waals surface area contributed by atoms with Gasteiger partial charge in [-0.05, 0) is 77.8 Å². The zero-order valence-corrected chi connectivity index (χ0v) is 13.7. The molecule has 0 bridgehead atoms. The van der Waals surface area contributed by atoms with Gasteiger partial charge in [-0.2, -0.15) is 0 Å². The molecule has 0 aromatic heterocycles. The minimum atomic E-state index is 0.460. The second-order valence-electron chi connectivity index (χ2n) is 7.35. The van der Waals surface area contributed by atoms with E-state index in [1.165, 1.54) is 97.3 Å². The molecule has 0 aromatic rings. The Morgan fingerprint density at radius 3 is 1.76 bits per heavy atom. The summed E-state index contributed by atoms with van der Waals surface area (Å²) in [7, 11) is 0. The van der Waals surface area contributed by atoms with Crippen LogP contribution in [0.5, 0.6) is 0 Å². The topological polar surface area (TPSA) is 35.7 Å². The van der Waals surface area contributed by atoms with E-state index in [9.17, 15) is 0 Å².